The van der Waals surface area contributed by atoms with Gasteiger partial charge in [0.05, 0.1) is 12.2 Å². The van der Waals surface area contributed by atoms with E-state index < -0.39 is 28.4 Å². The molecule has 1 aliphatic rings. The summed E-state index contributed by atoms with van der Waals surface area (Å²) in [7, 11) is -4.25. The molecular formula is C16H14N2O4S. The van der Waals surface area contributed by atoms with Crippen molar-refractivity contribution in [3.8, 4) is 0 Å². The molecule has 1 saturated heterocycles. The van der Waals surface area contributed by atoms with E-state index in [1.807, 2.05) is 0 Å². The molecule has 2 amide bonds. The predicted molar refractivity (Wildman–Crippen MR) is 84.5 cm³/mol. The SMILES string of the molecule is O=C1CC(=O)N(c2ccccc2)S(=O)(=O)N1Cc1ccccc1. The van der Waals surface area contributed by atoms with Crippen molar-refractivity contribution >= 4 is 27.7 Å². The molecule has 6 nitrogen and oxygen atoms in total. The summed E-state index contributed by atoms with van der Waals surface area (Å²) in [5.41, 5.74) is 0.898. The summed E-state index contributed by atoms with van der Waals surface area (Å²) in [6.07, 6.45) is -0.471. The molecular weight excluding hydrogens is 316 g/mol. The van der Waals surface area contributed by atoms with E-state index in [-0.39, 0.29) is 12.2 Å². The fourth-order valence-corrected chi connectivity index (χ4v) is 3.95. The summed E-state index contributed by atoms with van der Waals surface area (Å²) in [5.74, 6) is -1.46. The summed E-state index contributed by atoms with van der Waals surface area (Å²) in [4.78, 5) is 24.2. The van der Waals surface area contributed by atoms with E-state index in [2.05, 4.69) is 0 Å². The number of hydrogen-bond donors (Lipinski definition) is 0. The maximum atomic E-state index is 12.7. The molecule has 1 fully saturated rings. The minimum atomic E-state index is -4.25. The van der Waals surface area contributed by atoms with Gasteiger partial charge in [-0.15, -0.1) is 0 Å². The zero-order chi connectivity index (χ0) is 16.4. The number of benzene rings is 2. The predicted octanol–water partition coefficient (Wildman–Crippen LogP) is 1.70. The number of anilines is 1. The number of para-hydroxylation sites is 1. The molecule has 0 N–H and O–H groups in total. The van der Waals surface area contributed by atoms with Crippen LogP contribution < -0.4 is 4.31 Å². The van der Waals surface area contributed by atoms with Crippen LogP contribution in [0, 0.1) is 0 Å². The van der Waals surface area contributed by atoms with Crippen LogP contribution in [0.2, 0.25) is 0 Å². The van der Waals surface area contributed by atoms with Gasteiger partial charge in [0.2, 0.25) is 5.91 Å². The number of nitrogens with zero attached hydrogens (tertiary/aromatic N) is 2. The van der Waals surface area contributed by atoms with Gasteiger partial charge >= 0.3 is 10.2 Å². The van der Waals surface area contributed by atoms with E-state index in [0.29, 0.717) is 9.87 Å². The third-order valence-corrected chi connectivity index (χ3v) is 5.24. The average Bonchev–Trinajstić information content (AvgIpc) is 2.53. The lowest BCUT2D eigenvalue weighted by Gasteiger charge is -2.34. The zero-order valence-corrected chi connectivity index (χ0v) is 12.9. The van der Waals surface area contributed by atoms with Crippen LogP contribution in [0.5, 0.6) is 0 Å². The Morgan fingerprint density at radius 1 is 0.826 bits per heavy atom. The standard InChI is InChI=1S/C16H14N2O4S/c19-15-11-16(20)18(14-9-5-2-6-10-14)23(21,22)17(15)12-13-7-3-1-4-8-13/h1-10H,11-12H2. The van der Waals surface area contributed by atoms with Crippen molar-refractivity contribution in [2.24, 2.45) is 0 Å². The molecule has 1 heterocycles. The second-order valence-corrected chi connectivity index (χ2v) is 6.77. The summed E-state index contributed by atoms with van der Waals surface area (Å²) in [5, 5.41) is 0. The number of hydrogen-bond acceptors (Lipinski definition) is 4. The van der Waals surface area contributed by atoms with Gasteiger partial charge in [-0.05, 0) is 17.7 Å². The van der Waals surface area contributed by atoms with Gasteiger partial charge < -0.3 is 0 Å². The van der Waals surface area contributed by atoms with E-state index in [0.717, 1.165) is 4.31 Å². The molecule has 0 bridgehead atoms. The Hall–Kier alpha value is -2.67. The fraction of sp³-hybridized carbons (Fsp3) is 0.125. The smallest absolute Gasteiger partial charge is 0.273 e. The Bertz CT molecular complexity index is 835. The van der Waals surface area contributed by atoms with Gasteiger partial charge in [0.1, 0.15) is 6.42 Å². The number of amides is 2. The molecule has 0 aliphatic carbocycles. The zero-order valence-electron chi connectivity index (χ0n) is 12.1. The van der Waals surface area contributed by atoms with Crippen molar-refractivity contribution in [3.63, 3.8) is 0 Å². The van der Waals surface area contributed by atoms with Crippen LogP contribution in [-0.2, 0) is 26.3 Å². The molecule has 0 saturated carbocycles. The first-order chi connectivity index (χ1) is 11.0. The van der Waals surface area contributed by atoms with Crippen LogP contribution >= 0.6 is 0 Å². The lowest BCUT2D eigenvalue weighted by Crippen LogP contribution is -2.55. The van der Waals surface area contributed by atoms with E-state index >= 15 is 0 Å². The summed E-state index contributed by atoms with van der Waals surface area (Å²) >= 11 is 0. The largest absolute Gasteiger partial charge is 0.335 e. The Balaban J connectivity index is 2.00. The van der Waals surface area contributed by atoms with Crippen LogP contribution in [0.15, 0.2) is 60.7 Å². The minimum Gasteiger partial charge on any atom is -0.273 e. The van der Waals surface area contributed by atoms with Crippen LogP contribution in [0.4, 0.5) is 5.69 Å². The molecule has 3 rings (SSSR count). The first kappa shape index (κ1) is 15.2. The second kappa shape index (κ2) is 5.85. The molecule has 0 atom stereocenters. The van der Waals surface area contributed by atoms with Crippen molar-refractivity contribution in [1.29, 1.82) is 0 Å². The third kappa shape index (κ3) is 2.83. The first-order valence-corrected chi connectivity index (χ1v) is 8.37. The Morgan fingerprint density at radius 3 is 2.00 bits per heavy atom. The maximum absolute atomic E-state index is 12.7. The Morgan fingerprint density at radius 2 is 1.39 bits per heavy atom. The first-order valence-electron chi connectivity index (χ1n) is 6.98. The molecule has 7 heteroatoms. The van der Waals surface area contributed by atoms with Gasteiger partial charge in [-0.3, -0.25) is 9.59 Å². The molecule has 1 aliphatic heterocycles. The highest BCUT2D eigenvalue weighted by molar-refractivity contribution is 7.92. The summed E-state index contributed by atoms with van der Waals surface area (Å²) in [6, 6.07) is 16.8. The molecule has 23 heavy (non-hydrogen) atoms. The lowest BCUT2D eigenvalue weighted by molar-refractivity contribution is -0.132. The van der Waals surface area contributed by atoms with E-state index in [1.165, 1.54) is 12.1 Å². The molecule has 2 aromatic carbocycles. The van der Waals surface area contributed by atoms with Crippen LogP contribution in [0.3, 0.4) is 0 Å². The summed E-state index contributed by atoms with van der Waals surface area (Å²) in [6.45, 7) is -0.0986. The van der Waals surface area contributed by atoms with Crippen LogP contribution in [-0.4, -0.2) is 24.5 Å². The van der Waals surface area contributed by atoms with Gasteiger partial charge in [0, 0.05) is 0 Å². The summed E-state index contributed by atoms with van der Waals surface area (Å²) < 4.78 is 26.9. The lowest BCUT2D eigenvalue weighted by atomic mass is 10.2. The molecule has 0 radical (unpaired) electrons. The minimum absolute atomic E-state index is 0.0986. The van der Waals surface area contributed by atoms with Gasteiger partial charge in [0.15, 0.2) is 0 Å². The molecule has 118 valence electrons. The number of carbonyl (C=O) groups excluding carboxylic acids is 2. The third-order valence-electron chi connectivity index (χ3n) is 3.48. The van der Waals surface area contributed by atoms with Crippen molar-refractivity contribution in [2.75, 3.05) is 4.31 Å². The van der Waals surface area contributed by atoms with Crippen molar-refractivity contribution in [3.05, 3.63) is 66.2 Å². The van der Waals surface area contributed by atoms with Gasteiger partial charge in [-0.2, -0.15) is 12.7 Å². The number of rotatable bonds is 3. The average molecular weight is 330 g/mol. The topological polar surface area (TPSA) is 74.8 Å². The molecule has 0 spiro atoms. The van der Waals surface area contributed by atoms with Gasteiger partial charge in [0.25, 0.3) is 5.91 Å². The highest BCUT2D eigenvalue weighted by Crippen LogP contribution is 2.27. The van der Waals surface area contributed by atoms with Crippen molar-refractivity contribution in [2.45, 2.75) is 13.0 Å². The second-order valence-electron chi connectivity index (χ2n) is 5.06. The van der Waals surface area contributed by atoms with Crippen molar-refractivity contribution < 1.29 is 18.0 Å². The van der Waals surface area contributed by atoms with E-state index in [9.17, 15) is 18.0 Å². The van der Waals surface area contributed by atoms with Gasteiger partial charge in [-0.1, -0.05) is 48.5 Å². The molecule has 0 aromatic heterocycles. The molecule has 2 aromatic rings. The highest BCUT2D eigenvalue weighted by atomic mass is 32.2. The van der Waals surface area contributed by atoms with E-state index in [4.69, 9.17) is 0 Å². The normalized spacial score (nSPS) is 17.4. The van der Waals surface area contributed by atoms with E-state index in [1.54, 1.807) is 48.5 Å². The van der Waals surface area contributed by atoms with Crippen molar-refractivity contribution in [1.82, 2.24) is 4.31 Å². The fourth-order valence-electron chi connectivity index (χ4n) is 2.40. The van der Waals surface area contributed by atoms with Gasteiger partial charge in [-0.25, -0.2) is 4.31 Å². The quantitative estimate of drug-likeness (QED) is 0.803. The monoisotopic (exact) mass is 330 g/mol. The highest BCUT2D eigenvalue weighted by Gasteiger charge is 2.43. The molecule has 0 unspecified atom stereocenters. The van der Waals surface area contributed by atoms with Crippen LogP contribution in [0.25, 0.3) is 0 Å². The Kier molecular flexibility index (Phi) is 3.87. The maximum Gasteiger partial charge on any atom is 0.335 e. The number of carbonyl (C=O) groups is 2. The Labute approximate surface area is 134 Å². The van der Waals surface area contributed by atoms with Crippen LogP contribution in [0.1, 0.15) is 12.0 Å².